The molecule has 176 valence electrons. The van der Waals surface area contributed by atoms with Crippen LogP contribution in [0.3, 0.4) is 0 Å². The maximum atomic E-state index is 12.8. The lowest BCUT2D eigenvalue weighted by Gasteiger charge is -2.39. The van der Waals surface area contributed by atoms with Crippen molar-refractivity contribution in [3.05, 3.63) is 47.2 Å². The highest BCUT2D eigenvalue weighted by Gasteiger charge is 2.45. The van der Waals surface area contributed by atoms with Crippen LogP contribution in [0.25, 0.3) is 6.08 Å². The summed E-state index contributed by atoms with van der Waals surface area (Å²) in [6.07, 6.45) is -6.06. The Hall–Kier alpha value is -3.35. The number of ether oxygens (including phenoxy) is 4. The number of phenols is 2. The number of hydrogen-bond acceptors (Lipinski definition) is 11. The van der Waals surface area contributed by atoms with Crippen molar-refractivity contribution >= 4 is 11.9 Å². The van der Waals surface area contributed by atoms with Gasteiger partial charge < -0.3 is 49.6 Å². The van der Waals surface area contributed by atoms with E-state index in [-0.39, 0.29) is 40.1 Å². The van der Waals surface area contributed by atoms with Crippen LogP contribution < -0.4 is 14.2 Å². The van der Waals surface area contributed by atoms with Gasteiger partial charge in [0, 0.05) is 0 Å². The minimum Gasteiger partial charge on any atom is -0.504 e. The van der Waals surface area contributed by atoms with Gasteiger partial charge in [-0.3, -0.25) is 4.79 Å². The number of hydrogen-bond donors (Lipinski definition) is 6. The van der Waals surface area contributed by atoms with E-state index in [2.05, 4.69) is 0 Å². The highest BCUT2D eigenvalue weighted by atomic mass is 16.7. The van der Waals surface area contributed by atoms with Crippen LogP contribution in [0.4, 0.5) is 0 Å². The summed E-state index contributed by atoms with van der Waals surface area (Å²) in [6, 6.07) is 6.80. The van der Waals surface area contributed by atoms with Gasteiger partial charge in [-0.05, 0) is 35.9 Å². The molecule has 11 heteroatoms. The number of allylic oxidation sites excluding steroid dienone is 1. The van der Waals surface area contributed by atoms with Crippen LogP contribution in [0.15, 0.2) is 36.1 Å². The molecule has 2 heterocycles. The monoisotopic (exact) mass is 462 g/mol. The number of carbonyl (C=O) groups is 1. The van der Waals surface area contributed by atoms with Gasteiger partial charge in [-0.2, -0.15) is 0 Å². The maximum absolute atomic E-state index is 12.8. The van der Waals surface area contributed by atoms with E-state index in [0.717, 1.165) is 0 Å². The number of aliphatic hydroxyl groups excluding tert-OH is 4. The number of fused-ring (bicyclic) bond motifs is 1. The molecule has 2 aliphatic heterocycles. The molecule has 0 saturated carbocycles. The second-order valence-electron chi connectivity index (χ2n) is 7.48. The van der Waals surface area contributed by atoms with E-state index in [0.29, 0.717) is 5.56 Å². The number of aliphatic hydroxyl groups is 4. The Bertz CT molecular complexity index is 1090. The van der Waals surface area contributed by atoms with Gasteiger partial charge in [-0.25, -0.2) is 0 Å². The second kappa shape index (κ2) is 8.89. The van der Waals surface area contributed by atoms with Crippen LogP contribution in [0.2, 0.25) is 0 Å². The van der Waals surface area contributed by atoms with E-state index in [1.807, 2.05) is 0 Å². The Labute approximate surface area is 187 Å². The highest BCUT2D eigenvalue weighted by Crippen LogP contribution is 2.46. The first kappa shape index (κ1) is 22.8. The van der Waals surface area contributed by atoms with Crippen LogP contribution in [-0.4, -0.2) is 80.8 Å². The Morgan fingerprint density at radius 1 is 1.03 bits per heavy atom. The van der Waals surface area contributed by atoms with Gasteiger partial charge in [0.1, 0.15) is 24.4 Å². The van der Waals surface area contributed by atoms with Gasteiger partial charge in [-0.15, -0.1) is 0 Å². The van der Waals surface area contributed by atoms with Crippen molar-refractivity contribution in [3.8, 4) is 28.7 Å². The fourth-order valence-electron chi connectivity index (χ4n) is 3.57. The SMILES string of the molecule is COc1c(O[C@@H]2O[C@H](CO)[C@@H](O)[C@H](O)[C@H]2O)ccc2c1O/C(=C/c1ccc(O)c(O)c1)C2=O. The fourth-order valence-corrected chi connectivity index (χ4v) is 3.57. The number of methoxy groups -OCH3 is 1. The first-order valence-electron chi connectivity index (χ1n) is 9.89. The molecular formula is C22H22O11. The zero-order valence-electron chi connectivity index (χ0n) is 17.3. The summed E-state index contributed by atoms with van der Waals surface area (Å²) in [7, 11) is 1.31. The van der Waals surface area contributed by atoms with Gasteiger partial charge in [0.05, 0.1) is 19.3 Å². The standard InChI is InChI=1S/C22H22O11/c1-30-21-13(32-22-19(29)18(28)17(27)15(8-23)33-22)5-3-10-16(26)14(31-20(10)21)7-9-2-4-11(24)12(25)6-9/h2-7,15,17-19,22-25,27-29H,8H2,1H3/b14-7+/t15-,17-,18+,19-,22-/m1/s1. The third-order valence-electron chi connectivity index (χ3n) is 5.35. The summed E-state index contributed by atoms with van der Waals surface area (Å²) in [5.41, 5.74) is 0.570. The summed E-state index contributed by atoms with van der Waals surface area (Å²) in [5.74, 6) is -1.14. The molecule has 2 aliphatic rings. The number of aromatic hydroxyl groups is 2. The van der Waals surface area contributed by atoms with E-state index >= 15 is 0 Å². The molecule has 0 amide bonds. The lowest BCUT2D eigenvalue weighted by molar-refractivity contribution is -0.277. The molecule has 4 rings (SSSR count). The Morgan fingerprint density at radius 3 is 2.45 bits per heavy atom. The summed E-state index contributed by atoms with van der Waals surface area (Å²) >= 11 is 0. The van der Waals surface area contributed by atoms with Crippen molar-refractivity contribution in [1.82, 2.24) is 0 Å². The topological polar surface area (TPSA) is 175 Å². The quantitative estimate of drug-likeness (QED) is 0.258. The Kier molecular flexibility index (Phi) is 6.15. The molecule has 0 aromatic heterocycles. The van der Waals surface area contributed by atoms with Crippen molar-refractivity contribution in [2.45, 2.75) is 30.7 Å². The molecule has 5 atom stereocenters. The van der Waals surface area contributed by atoms with Crippen molar-refractivity contribution in [3.63, 3.8) is 0 Å². The van der Waals surface area contributed by atoms with Crippen molar-refractivity contribution < 1.29 is 54.4 Å². The van der Waals surface area contributed by atoms with Gasteiger partial charge in [0.25, 0.3) is 0 Å². The smallest absolute Gasteiger partial charge is 0.232 e. The van der Waals surface area contributed by atoms with E-state index < -0.39 is 43.1 Å². The zero-order chi connectivity index (χ0) is 23.9. The Balaban J connectivity index is 1.62. The van der Waals surface area contributed by atoms with Crippen LogP contribution in [-0.2, 0) is 4.74 Å². The van der Waals surface area contributed by atoms with Crippen LogP contribution in [0.5, 0.6) is 28.7 Å². The molecule has 6 N–H and O–H groups in total. The molecule has 1 saturated heterocycles. The van der Waals surface area contributed by atoms with E-state index in [1.54, 1.807) is 0 Å². The predicted molar refractivity (Wildman–Crippen MR) is 110 cm³/mol. The highest BCUT2D eigenvalue weighted by molar-refractivity contribution is 6.15. The predicted octanol–water partition coefficient (Wildman–Crippen LogP) is -0.0987. The molecule has 0 radical (unpaired) electrons. The molecule has 2 aromatic rings. The van der Waals surface area contributed by atoms with Crippen molar-refractivity contribution in [2.75, 3.05) is 13.7 Å². The Morgan fingerprint density at radius 2 is 1.79 bits per heavy atom. The average molecular weight is 462 g/mol. The molecule has 0 aliphatic carbocycles. The summed E-state index contributed by atoms with van der Waals surface area (Å²) in [4.78, 5) is 12.8. The first-order chi connectivity index (χ1) is 15.7. The number of Topliss-reactive ketones (excluding diaryl/α,β-unsaturated/α-hetero) is 1. The largest absolute Gasteiger partial charge is 0.504 e. The van der Waals surface area contributed by atoms with E-state index in [4.69, 9.17) is 18.9 Å². The number of benzene rings is 2. The van der Waals surface area contributed by atoms with Crippen LogP contribution in [0, 0.1) is 0 Å². The zero-order valence-corrected chi connectivity index (χ0v) is 17.3. The average Bonchev–Trinajstić information content (AvgIpc) is 3.11. The third-order valence-corrected chi connectivity index (χ3v) is 5.35. The first-order valence-corrected chi connectivity index (χ1v) is 9.89. The summed E-state index contributed by atoms with van der Waals surface area (Å²) in [5, 5.41) is 58.5. The van der Waals surface area contributed by atoms with Gasteiger partial charge >= 0.3 is 0 Å². The lowest BCUT2D eigenvalue weighted by Crippen LogP contribution is -2.60. The third kappa shape index (κ3) is 4.08. The molecule has 1 fully saturated rings. The summed E-state index contributed by atoms with van der Waals surface area (Å²) in [6.45, 7) is -0.620. The van der Waals surface area contributed by atoms with E-state index in [9.17, 15) is 35.4 Å². The second-order valence-corrected chi connectivity index (χ2v) is 7.48. The fraction of sp³-hybridized carbons (Fsp3) is 0.318. The van der Waals surface area contributed by atoms with Gasteiger partial charge in [0.15, 0.2) is 28.8 Å². The molecule has 0 unspecified atom stereocenters. The molecule has 2 aromatic carbocycles. The molecule has 11 nitrogen and oxygen atoms in total. The van der Waals surface area contributed by atoms with E-state index in [1.165, 1.54) is 43.5 Å². The number of phenolic OH excluding ortho intramolecular Hbond substituents is 2. The van der Waals surface area contributed by atoms with Crippen LogP contribution >= 0.6 is 0 Å². The molecule has 0 spiro atoms. The number of carbonyl (C=O) groups excluding carboxylic acids is 1. The minimum atomic E-state index is -1.64. The molecule has 33 heavy (non-hydrogen) atoms. The van der Waals surface area contributed by atoms with Crippen molar-refractivity contribution in [2.24, 2.45) is 0 Å². The molecular weight excluding hydrogens is 440 g/mol. The van der Waals surface area contributed by atoms with Gasteiger partial charge in [-0.1, -0.05) is 6.07 Å². The molecule has 0 bridgehead atoms. The minimum absolute atomic E-state index is 0.00904. The normalized spacial score (nSPS) is 27.8. The number of ketones is 1. The number of rotatable bonds is 5. The maximum Gasteiger partial charge on any atom is 0.232 e. The summed E-state index contributed by atoms with van der Waals surface area (Å²) < 4.78 is 22.0. The van der Waals surface area contributed by atoms with Crippen molar-refractivity contribution in [1.29, 1.82) is 0 Å². The lowest BCUT2D eigenvalue weighted by atomic mass is 9.99. The van der Waals surface area contributed by atoms with Gasteiger partial charge in [0.2, 0.25) is 17.8 Å². The van der Waals surface area contributed by atoms with Crippen LogP contribution in [0.1, 0.15) is 15.9 Å².